The number of carbonyl (C=O) groups excluding carboxylic acids is 4. The van der Waals surface area contributed by atoms with E-state index in [0.717, 1.165) is 12.8 Å². The SMILES string of the molecule is CCC(C(=O)CC(=O)[O-])C(F)(F)F.CCC(C(=O)CC(=O)[O-])C(F)(F)F.CCC(C)(C)[O][Zr+2][O]C(C)(C)CC. The Bertz CT molecular complexity index is 705. The second-order valence-electron chi connectivity index (χ2n) is 9.55. The van der Waals surface area contributed by atoms with Gasteiger partial charge in [0.15, 0.2) is 11.6 Å². The Balaban J connectivity index is -0.000000498. The minimum absolute atomic E-state index is 0.00990. The summed E-state index contributed by atoms with van der Waals surface area (Å²) in [5.41, 5.74) is 0.0198. The Morgan fingerprint density at radius 1 is 0.641 bits per heavy atom. The Hall–Kier alpha value is -1.34. The van der Waals surface area contributed by atoms with Crippen molar-refractivity contribution in [3.05, 3.63) is 0 Å². The summed E-state index contributed by atoms with van der Waals surface area (Å²) in [4.78, 5) is 41.1. The summed E-state index contributed by atoms with van der Waals surface area (Å²) in [6.07, 6.45) is -10.5. The number of hydrogen-bond acceptors (Lipinski definition) is 8. The van der Waals surface area contributed by atoms with Crippen molar-refractivity contribution in [2.45, 2.75) is 117 Å². The third-order valence-electron chi connectivity index (χ3n) is 5.36. The standard InChI is InChI=1S/2C7H9F3O3.2C5H11O.Zr/c2*1-2-4(7(8,9)10)5(11)3-6(12)13;2*1-4-5(2,3)6;/h2*4H,2-3H2,1H3,(H,12,13);2*4H2,1-3H3;/q;;2*-1;+4/p-2. The summed E-state index contributed by atoms with van der Waals surface area (Å²) in [6.45, 7) is 15.1. The van der Waals surface area contributed by atoms with Gasteiger partial charge in [-0.2, -0.15) is 26.3 Å². The van der Waals surface area contributed by atoms with Gasteiger partial charge in [-0.05, 0) is 12.8 Å². The van der Waals surface area contributed by atoms with Gasteiger partial charge < -0.3 is 19.8 Å². The topological polar surface area (TPSA) is 133 Å². The van der Waals surface area contributed by atoms with Crippen molar-refractivity contribution in [2.24, 2.45) is 11.8 Å². The van der Waals surface area contributed by atoms with Crippen LogP contribution in [0, 0.1) is 11.8 Å². The van der Waals surface area contributed by atoms with Gasteiger partial charge in [0.2, 0.25) is 0 Å². The van der Waals surface area contributed by atoms with Gasteiger partial charge in [-0.3, -0.25) is 9.59 Å². The zero-order chi connectivity index (χ0) is 31.8. The van der Waals surface area contributed by atoms with Crippen LogP contribution < -0.4 is 10.2 Å². The number of aliphatic carboxylic acids is 2. The van der Waals surface area contributed by atoms with Crippen LogP contribution in [-0.2, 0) is 48.9 Å². The van der Waals surface area contributed by atoms with E-state index in [1.807, 2.05) is 0 Å². The Labute approximate surface area is 238 Å². The van der Waals surface area contributed by atoms with Crippen LogP contribution in [0.3, 0.4) is 0 Å². The molecule has 0 N–H and O–H groups in total. The van der Waals surface area contributed by atoms with Crippen LogP contribution in [0.15, 0.2) is 0 Å². The van der Waals surface area contributed by atoms with E-state index in [9.17, 15) is 55.7 Å². The van der Waals surface area contributed by atoms with E-state index >= 15 is 0 Å². The number of halogens is 6. The number of Topliss-reactive ketones (excluding diaryl/α,β-unsaturated/α-hetero) is 2. The Morgan fingerprint density at radius 2 is 0.897 bits per heavy atom. The van der Waals surface area contributed by atoms with Crippen LogP contribution in [-0.4, -0.2) is 47.1 Å². The molecule has 0 amide bonds. The predicted molar refractivity (Wildman–Crippen MR) is 120 cm³/mol. The summed E-state index contributed by atoms with van der Waals surface area (Å²) >= 11 is -1.09. The minimum atomic E-state index is -4.67. The average molecular weight is 660 g/mol. The van der Waals surface area contributed by atoms with Crippen molar-refractivity contribution in [3.8, 4) is 0 Å². The molecule has 39 heavy (non-hydrogen) atoms. The fourth-order valence-corrected chi connectivity index (χ4v) is 4.13. The molecule has 2 atom stereocenters. The zero-order valence-electron chi connectivity index (χ0n) is 23.4. The molecule has 15 heteroatoms. The molecule has 0 heterocycles. The molecule has 0 aliphatic carbocycles. The van der Waals surface area contributed by atoms with Crippen LogP contribution in [0.2, 0.25) is 0 Å². The molecule has 0 bridgehead atoms. The van der Waals surface area contributed by atoms with Gasteiger partial charge in [-0.15, -0.1) is 0 Å². The molecule has 0 aromatic rings. The van der Waals surface area contributed by atoms with Crippen molar-refractivity contribution in [3.63, 3.8) is 0 Å². The molecule has 228 valence electrons. The van der Waals surface area contributed by atoms with Crippen molar-refractivity contribution >= 4 is 23.5 Å². The van der Waals surface area contributed by atoms with Gasteiger partial charge in [0, 0.05) is 24.8 Å². The molecule has 0 aliphatic heterocycles. The van der Waals surface area contributed by atoms with E-state index in [-0.39, 0.29) is 11.2 Å². The van der Waals surface area contributed by atoms with E-state index in [2.05, 4.69) is 41.5 Å². The van der Waals surface area contributed by atoms with E-state index in [1.165, 1.54) is 13.8 Å². The summed E-state index contributed by atoms with van der Waals surface area (Å²) < 4.78 is 83.5. The molecule has 0 aliphatic rings. The van der Waals surface area contributed by atoms with Crippen molar-refractivity contribution < 1.29 is 85.5 Å². The Morgan fingerprint density at radius 3 is 1.05 bits per heavy atom. The zero-order valence-corrected chi connectivity index (χ0v) is 25.9. The fraction of sp³-hybridized carbons (Fsp3) is 0.833. The maximum absolute atomic E-state index is 12.0. The van der Waals surface area contributed by atoms with Gasteiger partial charge in [0.1, 0.15) is 11.8 Å². The van der Waals surface area contributed by atoms with Gasteiger partial charge in [-0.1, -0.05) is 13.8 Å². The van der Waals surface area contributed by atoms with Crippen LogP contribution in [0.1, 0.15) is 93.9 Å². The summed E-state index contributed by atoms with van der Waals surface area (Å²) in [6, 6.07) is 0. The molecule has 2 unspecified atom stereocenters. The van der Waals surface area contributed by atoms with Crippen LogP contribution in [0.5, 0.6) is 0 Å². The normalized spacial score (nSPS) is 13.5. The molecule has 0 radical (unpaired) electrons. The number of carboxylic acid groups (broad SMARTS) is 2. The third kappa shape index (κ3) is 22.1. The van der Waals surface area contributed by atoms with Crippen molar-refractivity contribution in [1.82, 2.24) is 0 Å². The summed E-state index contributed by atoms with van der Waals surface area (Å²) in [7, 11) is 0. The van der Waals surface area contributed by atoms with Gasteiger partial charge in [-0.25, -0.2) is 0 Å². The molecule has 0 rings (SSSR count). The van der Waals surface area contributed by atoms with E-state index < -0.39 is 97.5 Å². The van der Waals surface area contributed by atoms with Crippen molar-refractivity contribution in [2.75, 3.05) is 0 Å². The van der Waals surface area contributed by atoms with Crippen molar-refractivity contribution in [1.29, 1.82) is 0 Å². The molecular weight excluding hydrogens is 621 g/mol. The maximum atomic E-state index is 12.0. The number of ketones is 2. The first kappa shape index (κ1) is 42.1. The molecular formula is C24H38F6O8Zr. The first-order chi connectivity index (χ1) is 17.4. The van der Waals surface area contributed by atoms with Gasteiger partial charge in [0.25, 0.3) is 0 Å². The number of rotatable bonds is 14. The van der Waals surface area contributed by atoms with Crippen LogP contribution in [0.4, 0.5) is 26.3 Å². The monoisotopic (exact) mass is 658 g/mol. The van der Waals surface area contributed by atoms with E-state index in [4.69, 9.17) is 5.63 Å². The Kier molecular flexibility index (Phi) is 20.4. The van der Waals surface area contributed by atoms with Gasteiger partial charge >= 0.3 is 108 Å². The molecule has 0 fully saturated rings. The van der Waals surface area contributed by atoms with Gasteiger partial charge in [0.05, 0.1) is 0 Å². The number of carboxylic acids is 2. The second-order valence-corrected chi connectivity index (χ2v) is 11.0. The first-order valence-electron chi connectivity index (χ1n) is 12.1. The predicted octanol–water partition coefficient (Wildman–Crippen LogP) is 3.88. The average Bonchev–Trinajstić information content (AvgIpc) is 2.72. The quantitative estimate of drug-likeness (QED) is 0.203. The molecule has 0 aromatic heterocycles. The van der Waals surface area contributed by atoms with E-state index in [1.54, 1.807) is 0 Å². The number of hydrogen-bond donors (Lipinski definition) is 0. The van der Waals surface area contributed by atoms with E-state index in [0.29, 0.717) is 0 Å². The van der Waals surface area contributed by atoms with Crippen LogP contribution in [0.25, 0.3) is 0 Å². The molecule has 0 spiro atoms. The second kappa shape index (κ2) is 18.9. The molecule has 0 aromatic carbocycles. The summed E-state index contributed by atoms with van der Waals surface area (Å²) in [5, 5.41) is 19.7. The molecule has 8 nitrogen and oxygen atoms in total. The number of alkyl halides is 6. The first-order valence-corrected chi connectivity index (χ1v) is 14.1. The third-order valence-corrected chi connectivity index (χ3v) is 8.49. The fourth-order valence-electron chi connectivity index (χ4n) is 2.21. The van der Waals surface area contributed by atoms with Crippen LogP contribution >= 0.6 is 0 Å². The molecule has 0 saturated heterocycles. The number of carbonyl (C=O) groups is 4. The molecule has 0 saturated carbocycles. The summed E-state index contributed by atoms with van der Waals surface area (Å²) in [5.74, 6) is -10.7.